The Labute approximate surface area is 95.0 Å². The summed E-state index contributed by atoms with van der Waals surface area (Å²) in [4.78, 5) is 0. The van der Waals surface area contributed by atoms with Crippen LogP contribution in [0.5, 0.6) is 0 Å². The van der Waals surface area contributed by atoms with Crippen LogP contribution in [-0.4, -0.2) is 0 Å². The molecule has 0 bridgehead atoms. The largest absolute Gasteiger partial charge is 0.398 e. The van der Waals surface area contributed by atoms with Gasteiger partial charge in [-0.3, -0.25) is 0 Å². The van der Waals surface area contributed by atoms with Crippen LogP contribution >= 0.6 is 9.24 Å². The van der Waals surface area contributed by atoms with Crippen molar-refractivity contribution in [3.63, 3.8) is 0 Å². The molecule has 1 nitrogen and oxygen atoms in total. The number of nitrogens with two attached hydrogens (primary N) is 1. The third-order valence-electron chi connectivity index (χ3n) is 2.50. The van der Waals surface area contributed by atoms with E-state index in [9.17, 15) is 0 Å². The molecule has 0 fully saturated rings. The molecule has 82 valence electrons. The summed E-state index contributed by atoms with van der Waals surface area (Å²) in [5.41, 5.74) is 9.31. The molecular weight excluding hydrogens is 201 g/mol. The van der Waals surface area contributed by atoms with Crippen LogP contribution in [0.2, 0.25) is 0 Å². The van der Waals surface area contributed by atoms with Gasteiger partial charge in [0, 0.05) is 11.3 Å². The van der Waals surface area contributed by atoms with Gasteiger partial charge in [-0.15, -0.1) is 9.24 Å². The summed E-state index contributed by atoms with van der Waals surface area (Å²) in [5, 5.41) is 0. The molecule has 0 spiro atoms. The van der Waals surface area contributed by atoms with Crippen molar-refractivity contribution in [1.29, 1.82) is 0 Å². The van der Waals surface area contributed by atoms with Gasteiger partial charge in [0.05, 0.1) is 0 Å². The zero-order chi connectivity index (χ0) is 11.3. The van der Waals surface area contributed by atoms with Crippen molar-refractivity contribution < 1.29 is 0 Å². The quantitative estimate of drug-likeness (QED) is 0.775. The predicted octanol–water partition coefficient (Wildman–Crippen LogP) is 3.41. The molecule has 2 N–H and O–H groups in total. The summed E-state index contributed by atoms with van der Waals surface area (Å²) in [6.45, 7) is 4.50. The van der Waals surface area contributed by atoms with Crippen LogP contribution < -0.4 is 5.73 Å². The molecule has 1 aromatic rings. The first-order chi connectivity index (χ1) is 7.15. The minimum absolute atomic E-state index is 0.735. The van der Waals surface area contributed by atoms with Crippen molar-refractivity contribution in [2.75, 3.05) is 0 Å². The van der Waals surface area contributed by atoms with Crippen molar-refractivity contribution >= 4 is 14.9 Å². The first kappa shape index (κ1) is 12.3. The number of rotatable bonds is 4. The summed E-state index contributed by atoms with van der Waals surface area (Å²) in [6, 6.07) is 8.37. The summed E-state index contributed by atoms with van der Waals surface area (Å²) >= 11 is 0. The van der Waals surface area contributed by atoms with E-state index in [1.54, 1.807) is 0 Å². The third-order valence-corrected chi connectivity index (χ3v) is 2.86. The average Bonchev–Trinajstić information content (AvgIpc) is 2.25. The van der Waals surface area contributed by atoms with E-state index in [4.69, 9.17) is 5.73 Å². The fourth-order valence-electron chi connectivity index (χ4n) is 1.55. The highest BCUT2D eigenvalue weighted by atomic mass is 31.0. The van der Waals surface area contributed by atoms with Gasteiger partial charge >= 0.3 is 0 Å². The lowest BCUT2D eigenvalue weighted by molar-refractivity contribution is 0.586. The Morgan fingerprint density at radius 2 is 2.07 bits per heavy atom. The molecule has 0 amide bonds. The second-order valence-electron chi connectivity index (χ2n) is 4.21. The van der Waals surface area contributed by atoms with E-state index in [1.807, 2.05) is 11.9 Å². The summed E-state index contributed by atoms with van der Waals surface area (Å²) in [6.07, 6.45) is 2.31. The smallest absolute Gasteiger partial charge is 0.0390 e. The van der Waals surface area contributed by atoms with Crippen molar-refractivity contribution in [3.8, 4) is 0 Å². The zero-order valence-electron chi connectivity index (χ0n) is 9.53. The Balaban J connectivity index is 2.87. The maximum atomic E-state index is 5.94. The van der Waals surface area contributed by atoms with Gasteiger partial charge in [0.2, 0.25) is 0 Å². The van der Waals surface area contributed by atoms with Crippen LogP contribution in [0.4, 0.5) is 0 Å². The zero-order valence-corrected chi connectivity index (χ0v) is 10.7. The standard InChI is InChI=1S/C13H20NP/c1-10(2)7-8-11-5-3-4-6-12(11)13(14)9-15/h3-6,9-10H,7-8,14-15H2,1-2H3/b13-9+. The lowest BCUT2D eigenvalue weighted by Crippen LogP contribution is -2.01. The van der Waals surface area contributed by atoms with Gasteiger partial charge in [0.1, 0.15) is 0 Å². The molecule has 0 aromatic heterocycles. The molecule has 1 aromatic carbocycles. The second-order valence-corrected chi connectivity index (χ2v) is 4.55. The average molecular weight is 221 g/mol. The number of aryl methyl sites for hydroxylation is 1. The SMILES string of the molecule is CC(C)CCc1ccccc1/C(N)=C\P. The molecule has 0 aliphatic rings. The third kappa shape index (κ3) is 3.68. The molecule has 1 atom stereocenters. The summed E-state index contributed by atoms with van der Waals surface area (Å²) < 4.78 is 0. The van der Waals surface area contributed by atoms with E-state index in [1.165, 1.54) is 17.5 Å². The molecule has 2 heteroatoms. The fraction of sp³-hybridized carbons (Fsp3) is 0.385. The lowest BCUT2D eigenvalue weighted by Gasteiger charge is -2.10. The summed E-state index contributed by atoms with van der Waals surface area (Å²) in [5.74, 6) is 2.62. The molecule has 0 saturated carbocycles. The fourth-order valence-corrected chi connectivity index (χ4v) is 1.73. The van der Waals surface area contributed by atoms with Crippen molar-refractivity contribution in [2.45, 2.75) is 26.7 Å². The van der Waals surface area contributed by atoms with Crippen LogP contribution in [0.1, 0.15) is 31.4 Å². The highest BCUT2D eigenvalue weighted by molar-refractivity contribution is 7.21. The Bertz CT molecular complexity index is 342. The van der Waals surface area contributed by atoms with Crippen molar-refractivity contribution in [2.24, 2.45) is 11.7 Å². The van der Waals surface area contributed by atoms with Gasteiger partial charge in [0.25, 0.3) is 0 Å². The van der Waals surface area contributed by atoms with Gasteiger partial charge in [-0.05, 0) is 30.1 Å². The lowest BCUT2D eigenvalue weighted by atomic mass is 9.97. The number of hydrogen-bond donors (Lipinski definition) is 1. The van der Waals surface area contributed by atoms with Gasteiger partial charge in [0.15, 0.2) is 0 Å². The van der Waals surface area contributed by atoms with Crippen LogP contribution in [0.3, 0.4) is 0 Å². The number of benzene rings is 1. The molecule has 0 saturated heterocycles. The van der Waals surface area contributed by atoms with E-state index < -0.39 is 0 Å². The van der Waals surface area contributed by atoms with Crippen LogP contribution in [0, 0.1) is 5.92 Å². The molecule has 1 rings (SSSR count). The molecular formula is C13H20NP. The normalized spacial score (nSPS) is 12.1. The highest BCUT2D eigenvalue weighted by Crippen LogP contribution is 2.19. The molecule has 0 aliphatic carbocycles. The molecule has 1 unspecified atom stereocenters. The van der Waals surface area contributed by atoms with Crippen molar-refractivity contribution in [1.82, 2.24) is 0 Å². The highest BCUT2D eigenvalue weighted by Gasteiger charge is 2.04. The Morgan fingerprint density at radius 1 is 1.40 bits per heavy atom. The van der Waals surface area contributed by atoms with Gasteiger partial charge in [-0.25, -0.2) is 0 Å². The minimum atomic E-state index is 0.735. The van der Waals surface area contributed by atoms with E-state index in [-0.39, 0.29) is 0 Å². The maximum Gasteiger partial charge on any atom is 0.0390 e. The van der Waals surface area contributed by atoms with Gasteiger partial charge in [-0.2, -0.15) is 0 Å². The van der Waals surface area contributed by atoms with Crippen LogP contribution in [0.15, 0.2) is 30.1 Å². The van der Waals surface area contributed by atoms with Crippen LogP contribution in [0.25, 0.3) is 5.70 Å². The van der Waals surface area contributed by atoms with Crippen LogP contribution in [-0.2, 0) is 6.42 Å². The molecule has 15 heavy (non-hydrogen) atoms. The second kappa shape index (κ2) is 5.92. The van der Waals surface area contributed by atoms with E-state index >= 15 is 0 Å². The minimum Gasteiger partial charge on any atom is -0.398 e. The Kier molecular flexibility index (Phi) is 4.84. The molecule has 0 aliphatic heterocycles. The van der Waals surface area contributed by atoms with E-state index in [0.29, 0.717) is 0 Å². The topological polar surface area (TPSA) is 26.0 Å². The Morgan fingerprint density at radius 3 is 2.67 bits per heavy atom. The number of hydrogen-bond acceptors (Lipinski definition) is 1. The van der Waals surface area contributed by atoms with Crippen molar-refractivity contribution in [3.05, 3.63) is 41.2 Å². The van der Waals surface area contributed by atoms with E-state index in [0.717, 1.165) is 18.0 Å². The first-order valence-electron chi connectivity index (χ1n) is 5.40. The Hall–Kier alpha value is -0.810. The molecule has 0 radical (unpaired) electrons. The van der Waals surface area contributed by atoms with E-state index in [2.05, 4.69) is 41.3 Å². The maximum absolute atomic E-state index is 5.94. The summed E-state index contributed by atoms with van der Waals surface area (Å²) in [7, 11) is 2.56. The monoisotopic (exact) mass is 221 g/mol. The molecule has 0 heterocycles. The van der Waals surface area contributed by atoms with Gasteiger partial charge < -0.3 is 5.73 Å². The van der Waals surface area contributed by atoms with Gasteiger partial charge in [-0.1, -0.05) is 38.1 Å². The predicted molar refractivity (Wildman–Crippen MR) is 71.5 cm³/mol. The first-order valence-corrected chi connectivity index (χ1v) is 6.07.